The number of anilines is 1. The van der Waals surface area contributed by atoms with Crippen LogP contribution in [-0.4, -0.2) is 40.0 Å². The molecule has 0 bridgehead atoms. The second-order valence-corrected chi connectivity index (χ2v) is 5.67. The molecule has 0 spiro atoms. The Morgan fingerprint density at radius 1 is 1.04 bits per heavy atom. The van der Waals surface area contributed by atoms with Gasteiger partial charge in [-0.2, -0.15) is 0 Å². The summed E-state index contributed by atoms with van der Waals surface area (Å²) >= 11 is 0. The molecule has 1 aliphatic rings. The highest BCUT2D eigenvalue weighted by Crippen LogP contribution is 2.26. The van der Waals surface area contributed by atoms with Gasteiger partial charge in [-0.15, -0.1) is 0 Å². The molecule has 10 nitrogen and oxygen atoms in total. The number of fused-ring (bicyclic) bond motifs is 1. The number of hydrogen-bond acceptors (Lipinski definition) is 6. The van der Waals surface area contributed by atoms with Gasteiger partial charge in [-0.3, -0.25) is 34.2 Å². The molecule has 0 unspecified atom stereocenters. The van der Waals surface area contributed by atoms with Crippen molar-refractivity contribution in [3.8, 4) is 0 Å². The van der Waals surface area contributed by atoms with Crippen molar-refractivity contribution in [2.24, 2.45) is 5.73 Å². The largest absolute Gasteiger partial charge is 0.366 e. The van der Waals surface area contributed by atoms with Crippen LogP contribution in [0.1, 0.15) is 31.1 Å². The summed E-state index contributed by atoms with van der Waals surface area (Å²) in [4.78, 5) is 58.7. The molecular weight excluding hydrogens is 356 g/mol. The van der Waals surface area contributed by atoms with Crippen LogP contribution in [0.25, 0.3) is 0 Å². The molecule has 2 aromatic carbocycles. The first kappa shape index (κ1) is 17.7. The van der Waals surface area contributed by atoms with Gasteiger partial charge in [0.2, 0.25) is 11.8 Å². The number of rotatable bonds is 5. The lowest BCUT2D eigenvalue weighted by Gasteiger charge is -2.13. The van der Waals surface area contributed by atoms with E-state index in [4.69, 9.17) is 5.73 Å². The summed E-state index contributed by atoms with van der Waals surface area (Å²) in [5.74, 6) is -2.75. The van der Waals surface area contributed by atoms with Gasteiger partial charge in [0.15, 0.2) is 0 Å². The van der Waals surface area contributed by atoms with E-state index < -0.39 is 35.1 Å². The van der Waals surface area contributed by atoms with Crippen LogP contribution >= 0.6 is 0 Å². The smallest absolute Gasteiger partial charge is 0.270 e. The van der Waals surface area contributed by atoms with Gasteiger partial charge in [0.1, 0.15) is 6.54 Å². The Kier molecular flexibility index (Phi) is 4.38. The molecule has 0 aliphatic carbocycles. The SMILES string of the molecule is NC(=O)c1ccc(NC(=O)CN2C(=O)c3ccc([N+](=O)[O-])cc3C2=O)cc1. The van der Waals surface area contributed by atoms with E-state index in [0.717, 1.165) is 12.1 Å². The first-order valence-corrected chi connectivity index (χ1v) is 7.62. The number of nitrogens with zero attached hydrogens (tertiary/aromatic N) is 2. The highest BCUT2D eigenvalue weighted by Gasteiger charge is 2.37. The summed E-state index contributed by atoms with van der Waals surface area (Å²) in [6, 6.07) is 9.05. The van der Waals surface area contributed by atoms with Gasteiger partial charge in [0.25, 0.3) is 17.5 Å². The highest BCUT2D eigenvalue weighted by molar-refractivity contribution is 6.23. The number of amides is 4. The van der Waals surface area contributed by atoms with Gasteiger partial charge in [0.05, 0.1) is 16.1 Å². The quantitative estimate of drug-likeness (QED) is 0.455. The van der Waals surface area contributed by atoms with Crippen molar-refractivity contribution in [2.45, 2.75) is 0 Å². The highest BCUT2D eigenvalue weighted by atomic mass is 16.6. The number of nitro groups is 1. The first-order valence-electron chi connectivity index (χ1n) is 7.62. The maximum atomic E-state index is 12.3. The monoisotopic (exact) mass is 368 g/mol. The lowest BCUT2D eigenvalue weighted by molar-refractivity contribution is -0.384. The minimum atomic E-state index is -0.780. The Bertz CT molecular complexity index is 999. The summed E-state index contributed by atoms with van der Waals surface area (Å²) in [5.41, 5.74) is 5.29. The van der Waals surface area contributed by atoms with E-state index in [2.05, 4.69) is 5.32 Å². The second kappa shape index (κ2) is 6.67. The summed E-state index contributed by atoms with van der Waals surface area (Å²) < 4.78 is 0. The fourth-order valence-corrected chi connectivity index (χ4v) is 2.60. The van der Waals surface area contributed by atoms with Crippen LogP contribution < -0.4 is 11.1 Å². The van der Waals surface area contributed by atoms with Crippen molar-refractivity contribution in [1.29, 1.82) is 0 Å². The van der Waals surface area contributed by atoms with Crippen molar-refractivity contribution >= 4 is 35.0 Å². The van der Waals surface area contributed by atoms with Crippen LogP contribution in [0, 0.1) is 10.1 Å². The Morgan fingerprint density at radius 2 is 1.67 bits per heavy atom. The fourth-order valence-electron chi connectivity index (χ4n) is 2.60. The number of nitrogens with one attached hydrogen (secondary N) is 1. The maximum absolute atomic E-state index is 12.3. The predicted molar refractivity (Wildman–Crippen MR) is 92.1 cm³/mol. The molecule has 4 amide bonds. The van der Waals surface area contributed by atoms with Crippen molar-refractivity contribution in [3.63, 3.8) is 0 Å². The van der Waals surface area contributed by atoms with Crippen molar-refractivity contribution in [1.82, 2.24) is 4.90 Å². The molecule has 1 heterocycles. The zero-order valence-electron chi connectivity index (χ0n) is 13.7. The summed E-state index contributed by atoms with van der Waals surface area (Å²) in [6.07, 6.45) is 0. The molecule has 3 N–H and O–H groups in total. The third-order valence-corrected chi connectivity index (χ3v) is 3.92. The van der Waals surface area contributed by atoms with E-state index >= 15 is 0 Å². The number of hydrogen-bond donors (Lipinski definition) is 2. The van der Waals surface area contributed by atoms with Crippen LogP contribution in [0.15, 0.2) is 42.5 Å². The topological polar surface area (TPSA) is 153 Å². The Labute approximate surface area is 151 Å². The zero-order chi connectivity index (χ0) is 19.7. The number of nitro benzene ring substituents is 1. The molecule has 136 valence electrons. The minimum Gasteiger partial charge on any atom is -0.366 e. The molecule has 0 saturated carbocycles. The van der Waals surface area contributed by atoms with Crippen molar-refractivity contribution in [2.75, 3.05) is 11.9 Å². The van der Waals surface area contributed by atoms with Gasteiger partial charge in [-0.25, -0.2) is 0 Å². The average Bonchev–Trinajstić information content (AvgIpc) is 2.86. The van der Waals surface area contributed by atoms with Crippen LogP contribution in [0.2, 0.25) is 0 Å². The Hall–Kier alpha value is -4.08. The molecule has 0 fully saturated rings. The Morgan fingerprint density at radius 3 is 2.26 bits per heavy atom. The maximum Gasteiger partial charge on any atom is 0.270 e. The molecular formula is C17H12N4O6. The van der Waals surface area contributed by atoms with Crippen LogP contribution in [0.5, 0.6) is 0 Å². The van der Waals surface area contributed by atoms with Crippen molar-refractivity contribution in [3.05, 3.63) is 69.3 Å². The van der Waals surface area contributed by atoms with E-state index in [1.54, 1.807) is 0 Å². The molecule has 0 aromatic heterocycles. The molecule has 10 heteroatoms. The molecule has 0 radical (unpaired) electrons. The number of non-ortho nitro benzene ring substituents is 1. The molecule has 0 saturated heterocycles. The normalized spacial score (nSPS) is 12.7. The summed E-state index contributed by atoms with van der Waals surface area (Å²) in [6.45, 7) is -0.558. The van der Waals surface area contributed by atoms with Gasteiger partial charge >= 0.3 is 0 Å². The molecule has 0 atom stereocenters. The van der Waals surface area contributed by atoms with E-state index in [-0.39, 0.29) is 22.4 Å². The lowest BCUT2D eigenvalue weighted by atomic mass is 10.1. The second-order valence-electron chi connectivity index (χ2n) is 5.67. The van der Waals surface area contributed by atoms with Gasteiger partial charge in [0, 0.05) is 23.4 Å². The lowest BCUT2D eigenvalue weighted by Crippen LogP contribution is -2.37. The zero-order valence-corrected chi connectivity index (χ0v) is 13.7. The van der Waals surface area contributed by atoms with E-state index in [1.807, 2.05) is 0 Å². The number of nitrogens with two attached hydrogens (primary N) is 1. The van der Waals surface area contributed by atoms with Gasteiger partial charge < -0.3 is 11.1 Å². The van der Waals surface area contributed by atoms with Crippen LogP contribution in [-0.2, 0) is 4.79 Å². The third kappa shape index (κ3) is 3.35. The number of primary amides is 1. The standard InChI is InChI=1S/C17H12N4O6/c18-15(23)9-1-3-10(4-2-9)19-14(22)8-20-16(24)12-6-5-11(21(26)27)7-13(12)17(20)25/h1-7H,8H2,(H2,18,23)(H,19,22). The van der Waals surface area contributed by atoms with Crippen LogP contribution in [0.4, 0.5) is 11.4 Å². The Balaban J connectivity index is 1.73. The summed E-state index contributed by atoms with van der Waals surface area (Å²) in [7, 11) is 0. The first-order chi connectivity index (χ1) is 12.8. The molecule has 2 aromatic rings. The van der Waals surface area contributed by atoms with Crippen molar-refractivity contribution < 1.29 is 24.1 Å². The molecule has 3 rings (SSSR count). The van der Waals surface area contributed by atoms with Crippen LogP contribution in [0.3, 0.4) is 0 Å². The van der Waals surface area contributed by atoms with E-state index in [1.165, 1.54) is 30.3 Å². The van der Waals surface area contributed by atoms with E-state index in [9.17, 15) is 29.3 Å². The number of carbonyl (C=O) groups is 4. The molecule has 27 heavy (non-hydrogen) atoms. The fraction of sp³-hybridized carbons (Fsp3) is 0.0588. The van der Waals surface area contributed by atoms with Gasteiger partial charge in [-0.05, 0) is 30.3 Å². The predicted octanol–water partition coefficient (Wildman–Crippen LogP) is 0.928. The number of benzene rings is 2. The number of carbonyl (C=O) groups excluding carboxylic acids is 4. The number of imide groups is 1. The van der Waals surface area contributed by atoms with Gasteiger partial charge in [-0.1, -0.05) is 0 Å². The molecule has 1 aliphatic heterocycles. The minimum absolute atomic E-state index is 0.00390. The van der Waals surface area contributed by atoms with E-state index in [0.29, 0.717) is 10.6 Å². The third-order valence-electron chi connectivity index (χ3n) is 3.92. The summed E-state index contributed by atoms with van der Waals surface area (Å²) in [5, 5.41) is 13.3. The average molecular weight is 368 g/mol.